The van der Waals surface area contributed by atoms with Gasteiger partial charge in [0.2, 0.25) is 0 Å². The number of hydrogen-bond acceptors (Lipinski definition) is 7. The van der Waals surface area contributed by atoms with E-state index in [9.17, 15) is 24.9 Å². The van der Waals surface area contributed by atoms with Gasteiger partial charge in [-0.15, -0.1) is 0 Å². The van der Waals surface area contributed by atoms with Crippen molar-refractivity contribution >= 4 is 11.6 Å². The molecule has 0 spiro atoms. The van der Waals surface area contributed by atoms with E-state index in [4.69, 9.17) is 9.47 Å². The van der Waals surface area contributed by atoms with Gasteiger partial charge >= 0.3 is 0 Å². The number of hydrogen-bond donors (Lipinski definition) is 3. The number of aliphatic hydroxyl groups is 2. The number of carbonyl (C=O) groups excluding carboxylic acids is 2. The summed E-state index contributed by atoms with van der Waals surface area (Å²) in [7, 11) is 2.66. The Morgan fingerprint density at radius 3 is 2.42 bits per heavy atom. The summed E-state index contributed by atoms with van der Waals surface area (Å²) < 4.78 is 10.3. The van der Waals surface area contributed by atoms with Crippen LogP contribution in [0.2, 0.25) is 0 Å². The molecule has 2 aliphatic carbocycles. The first-order chi connectivity index (χ1) is 11.2. The molecule has 0 bridgehead atoms. The highest BCUT2D eigenvalue weighted by Crippen LogP contribution is 2.47. The van der Waals surface area contributed by atoms with Crippen molar-refractivity contribution < 1.29 is 34.4 Å². The van der Waals surface area contributed by atoms with Crippen molar-refractivity contribution in [2.24, 2.45) is 0 Å². The van der Waals surface area contributed by atoms with E-state index < -0.39 is 29.0 Å². The molecule has 0 aromatic heterocycles. The van der Waals surface area contributed by atoms with Gasteiger partial charge in [0.05, 0.1) is 37.1 Å². The van der Waals surface area contributed by atoms with Crippen LogP contribution < -0.4 is 9.47 Å². The molecule has 24 heavy (non-hydrogen) atoms. The molecule has 1 aromatic carbocycles. The van der Waals surface area contributed by atoms with Crippen LogP contribution >= 0.6 is 0 Å². The molecule has 128 valence electrons. The number of ether oxygens (including phenoxy) is 2. The number of aliphatic hydroxyl groups excluding tert-OH is 1. The van der Waals surface area contributed by atoms with E-state index >= 15 is 0 Å². The average Bonchev–Trinajstić information content (AvgIpc) is 2.49. The predicted octanol–water partition coefficient (Wildman–Crippen LogP) is 0.991. The van der Waals surface area contributed by atoms with E-state index in [1.54, 1.807) is 0 Å². The van der Waals surface area contributed by atoms with Crippen molar-refractivity contribution in [3.63, 3.8) is 0 Å². The monoisotopic (exact) mass is 334 g/mol. The number of fused-ring (bicyclic) bond motifs is 1. The Balaban J connectivity index is 2.30. The molecule has 2 atom stereocenters. The average molecular weight is 334 g/mol. The third-order valence-corrected chi connectivity index (χ3v) is 4.47. The number of Topliss-reactive ketones (excluding diaryl/α,β-unsaturated/α-hetero) is 2. The Morgan fingerprint density at radius 1 is 1.17 bits per heavy atom. The zero-order valence-corrected chi connectivity index (χ0v) is 13.5. The number of benzene rings is 1. The van der Waals surface area contributed by atoms with Crippen LogP contribution in [0.25, 0.3) is 0 Å². The fraction of sp³-hybridized carbons (Fsp3) is 0.412. The van der Waals surface area contributed by atoms with Crippen molar-refractivity contribution in [3.05, 3.63) is 28.3 Å². The summed E-state index contributed by atoms with van der Waals surface area (Å²) in [5.41, 5.74) is -1.65. The van der Waals surface area contributed by atoms with Gasteiger partial charge < -0.3 is 24.8 Å². The van der Waals surface area contributed by atoms with Crippen LogP contribution in [0.4, 0.5) is 0 Å². The number of methoxy groups -OCH3 is 2. The van der Waals surface area contributed by atoms with Gasteiger partial charge in [-0.25, -0.2) is 0 Å². The number of carbonyl (C=O) groups is 2. The Bertz CT molecular complexity index is 789. The zero-order chi connectivity index (χ0) is 17.8. The second kappa shape index (κ2) is 5.32. The maximum Gasteiger partial charge on any atom is 0.196 e. The molecule has 0 fully saturated rings. The minimum atomic E-state index is -1.31. The fourth-order valence-corrected chi connectivity index (χ4v) is 3.47. The van der Waals surface area contributed by atoms with E-state index in [1.807, 2.05) is 0 Å². The molecule has 0 heterocycles. The summed E-state index contributed by atoms with van der Waals surface area (Å²) in [6.45, 7) is 1.49. The summed E-state index contributed by atoms with van der Waals surface area (Å²) in [5, 5.41) is 30.7. The van der Waals surface area contributed by atoms with Gasteiger partial charge in [0.25, 0.3) is 0 Å². The lowest BCUT2D eigenvalue weighted by Crippen LogP contribution is -2.42. The standard InChI is InChI=1S/C17H18O7/c1-17(22)5-7-11(9(19)6-17)15(21)13-12(14(7)20)8(18)4-10(23-2)16(13)24-3/h4,9,18-19,22H,5-6H2,1-3H3/t9-,17-/m0/s1. The number of ketones is 2. The number of phenolic OH excluding ortho intramolecular Hbond substituents is 1. The minimum Gasteiger partial charge on any atom is -0.507 e. The molecular formula is C17H18O7. The molecule has 0 saturated carbocycles. The topological polar surface area (TPSA) is 113 Å². The molecular weight excluding hydrogens is 316 g/mol. The third-order valence-electron chi connectivity index (χ3n) is 4.47. The Hall–Kier alpha value is -2.38. The lowest BCUT2D eigenvalue weighted by Gasteiger charge is -2.36. The van der Waals surface area contributed by atoms with Crippen molar-refractivity contribution in [2.75, 3.05) is 14.2 Å². The first kappa shape index (κ1) is 16.5. The maximum atomic E-state index is 12.9. The minimum absolute atomic E-state index is 0.0266. The molecule has 0 unspecified atom stereocenters. The largest absolute Gasteiger partial charge is 0.507 e. The molecule has 0 amide bonds. The van der Waals surface area contributed by atoms with Crippen LogP contribution in [0, 0.1) is 0 Å². The number of phenols is 1. The van der Waals surface area contributed by atoms with Crippen molar-refractivity contribution in [1.82, 2.24) is 0 Å². The lowest BCUT2D eigenvalue weighted by molar-refractivity contribution is 0.00372. The van der Waals surface area contributed by atoms with Crippen LogP contribution in [0.15, 0.2) is 17.2 Å². The second-order valence-corrected chi connectivity index (χ2v) is 6.33. The van der Waals surface area contributed by atoms with E-state index in [1.165, 1.54) is 27.2 Å². The van der Waals surface area contributed by atoms with Crippen LogP contribution in [0.3, 0.4) is 0 Å². The summed E-state index contributed by atoms with van der Waals surface area (Å²) in [4.78, 5) is 25.7. The van der Waals surface area contributed by atoms with E-state index in [0.717, 1.165) is 0 Å². The van der Waals surface area contributed by atoms with Crippen molar-refractivity contribution in [2.45, 2.75) is 31.5 Å². The number of rotatable bonds is 2. The van der Waals surface area contributed by atoms with Gasteiger partial charge in [-0.1, -0.05) is 0 Å². The summed E-state index contributed by atoms with van der Waals surface area (Å²) in [6.07, 6.45) is -1.40. The van der Waals surface area contributed by atoms with Crippen molar-refractivity contribution in [3.8, 4) is 17.2 Å². The molecule has 3 N–H and O–H groups in total. The van der Waals surface area contributed by atoms with Gasteiger partial charge in [0, 0.05) is 30.1 Å². The Morgan fingerprint density at radius 2 is 1.83 bits per heavy atom. The van der Waals surface area contributed by atoms with Crippen molar-refractivity contribution in [1.29, 1.82) is 0 Å². The molecule has 7 nitrogen and oxygen atoms in total. The highest BCUT2D eigenvalue weighted by atomic mass is 16.5. The molecule has 2 aliphatic rings. The normalized spacial score (nSPS) is 26.1. The lowest BCUT2D eigenvalue weighted by atomic mass is 9.71. The molecule has 7 heteroatoms. The third kappa shape index (κ3) is 2.20. The van der Waals surface area contributed by atoms with E-state index in [-0.39, 0.29) is 46.6 Å². The van der Waals surface area contributed by atoms with Crippen LogP contribution in [-0.4, -0.2) is 52.8 Å². The molecule has 3 rings (SSSR count). The van der Waals surface area contributed by atoms with Gasteiger partial charge in [-0.3, -0.25) is 9.59 Å². The van der Waals surface area contributed by atoms with Gasteiger partial charge in [0.1, 0.15) is 5.75 Å². The van der Waals surface area contributed by atoms with Crippen LogP contribution in [0.1, 0.15) is 40.5 Å². The highest BCUT2D eigenvalue weighted by Gasteiger charge is 2.46. The molecule has 1 aromatic rings. The summed E-state index contributed by atoms with van der Waals surface area (Å²) in [5.74, 6) is -1.48. The van der Waals surface area contributed by atoms with Gasteiger partial charge in [-0.05, 0) is 6.92 Å². The van der Waals surface area contributed by atoms with Gasteiger partial charge in [0.15, 0.2) is 23.1 Å². The quantitative estimate of drug-likeness (QED) is 0.739. The molecule has 0 radical (unpaired) electrons. The SMILES string of the molecule is COc1cc(O)c2c(c1OC)C(=O)C1=C(C[C@](C)(O)C[C@@H]1O)C2=O. The first-order valence-electron chi connectivity index (χ1n) is 7.42. The highest BCUT2D eigenvalue weighted by molar-refractivity contribution is 6.29. The van der Waals surface area contributed by atoms with Crippen LogP contribution in [-0.2, 0) is 0 Å². The zero-order valence-electron chi connectivity index (χ0n) is 13.5. The summed E-state index contributed by atoms with van der Waals surface area (Å²) >= 11 is 0. The Kier molecular flexibility index (Phi) is 3.65. The van der Waals surface area contributed by atoms with E-state index in [2.05, 4.69) is 0 Å². The molecule has 0 aliphatic heterocycles. The fourth-order valence-electron chi connectivity index (χ4n) is 3.47. The van der Waals surface area contributed by atoms with E-state index in [0.29, 0.717) is 0 Å². The maximum absolute atomic E-state index is 12.9. The summed E-state index contributed by atoms with van der Waals surface area (Å²) in [6, 6.07) is 1.20. The second-order valence-electron chi connectivity index (χ2n) is 6.33. The predicted molar refractivity (Wildman–Crippen MR) is 82.8 cm³/mol. The van der Waals surface area contributed by atoms with Gasteiger partial charge in [-0.2, -0.15) is 0 Å². The Labute approximate surface area is 138 Å². The van der Waals surface area contributed by atoms with Crippen LogP contribution in [0.5, 0.6) is 17.2 Å². The molecule has 0 saturated heterocycles. The smallest absolute Gasteiger partial charge is 0.196 e. The number of aromatic hydroxyl groups is 1. The first-order valence-corrected chi connectivity index (χ1v) is 7.42.